The molecular formula is C17H29NO. The van der Waals surface area contributed by atoms with Gasteiger partial charge in [-0.05, 0) is 56.4 Å². The second kappa shape index (κ2) is 6.95. The largest absolute Gasteiger partial charge is 0.492 e. The topological polar surface area (TPSA) is 21.3 Å². The zero-order chi connectivity index (χ0) is 14.5. The third-order valence-electron chi connectivity index (χ3n) is 3.72. The van der Waals surface area contributed by atoms with Gasteiger partial charge in [0.05, 0.1) is 0 Å². The molecule has 0 atom stereocenters. The Labute approximate surface area is 118 Å². The molecule has 0 heterocycles. The number of aryl methyl sites for hydroxylation is 1. The standard InChI is InChI=1S/C17H29NO/c1-7-17(5,6)18-10-11-19-15-8-9-16(13(2)3)14(4)12-15/h8-9,12-13,18H,7,10-11H2,1-6H3. The molecule has 0 amide bonds. The quantitative estimate of drug-likeness (QED) is 0.742. The van der Waals surface area contributed by atoms with E-state index in [1.54, 1.807) is 0 Å². The van der Waals surface area contributed by atoms with Gasteiger partial charge in [-0.3, -0.25) is 0 Å². The summed E-state index contributed by atoms with van der Waals surface area (Å²) in [6.07, 6.45) is 1.12. The van der Waals surface area contributed by atoms with E-state index in [-0.39, 0.29) is 5.54 Å². The van der Waals surface area contributed by atoms with E-state index in [0.29, 0.717) is 12.5 Å². The van der Waals surface area contributed by atoms with E-state index >= 15 is 0 Å². The lowest BCUT2D eigenvalue weighted by Gasteiger charge is -2.24. The van der Waals surface area contributed by atoms with Crippen LogP contribution >= 0.6 is 0 Å². The van der Waals surface area contributed by atoms with Gasteiger partial charge in [-0.2, -0.15) is 0 Å². The van der Waals surface area contributed by atoms with Crippen molar-refractivity contribution in [1.29, 1.82) is 0 Å². The summed E-state index contributed by atoms with van der Waals surface area (Å²) in [4.78, 5) is 0. The summed E-state index contributed by atoms with van der Waals surface area (Å²) in [5.41, 5.74) is 2.91. The minimum Gasteiger partial charge on any atom is -0.492 e. The van der Waals surface area contributed by atoms with Gasteiger partial charge in [-0.25, -0.2) is 0 Å². The van der Waals surface area contributed by atoms with Crippen molar-refractivity contribution in [1.82, 2.24) is 5.32 Å². The van der Waals surface area contributed by atoms with Gasteiger partial charge in [0.1, 0.15) is 12.4 Å². The Morgan fingerprint density at radius 1 is 1.26 bits per heavy atom. The molecule has 2 nitrogen and oxygen atoms in total. The van der Waals surface area contributed by atoms with Crippen LogP contribution in [0.5, 0.6) is 5.75 Å². The highest BCUT2D eigenvalue weighted by Crippen LogP contribution is 2.23. The van der Waals surface area contributed by atoms with Gasteiger partial charge >= 0.3 is 0 Å². The molecule has 1 N–H and O–H groups in total. The van der Waals surface area contributed by atoms with Crippen LogP contribution in [-0.2, 0) is 0 Å². The second-order valence-corrected chi connectivity index (χ2v) is 6.19. The average Bonchev–Trinajstić information content (AvgIpc) is 2.34. The molecule has 0 aliphatic rings. The van der Waals surface area contributed by atoms with Crippen molar-refractivity contribution in [3.05, 3.63) is 29.3 Å². The first-order chi connectivity index (χ1) is 8.85. The molecule has 0 fully saturated rings. The molecule has 0 saturated heterocycles. The number of benzene rings is 1. The molecule has 0 bridgehead atoms. The van der Waals surface area contributed by atoms with Crippen LogP contribution in [0.1, 0.15) is 58.1 Å². The highest BCUT2D eigenvalue weighted by atomic mass is 16.5. The minimum absolute atomic E-state index is 0.195. The first-order valence-corrected chi connectivity index (χ1v) is 7.34. The van der Waals surface area contributed by atoms with Crippen LogP contribution in [0.2, 0.25) is 0 Å². The Balaban J connectivity index is 2.44. The fraction of sp³-hybridized carbons (Fsp3) is 0.647. The zero-order valence-corrected chi connectivity index (χ0v) is 13.3. The molecule has 2 heteroatoms. The van der Waals surface area contributed by atoms with Crippen molar-refractivity contribution in [3.63, 3.8) is 0 Å². The highest BCUT2D eigenvalue weighted by molar-refractivity contribution is 5.36. The van der Waals surface area contributed by atoms with Crippen molar-refractivity contribution in [2.75, 3.05) is 13.2 Å². The fourth-order valence-electron chi connectivity index (χ4n) is 2.07. The van der Waals surface area contributed by atoms with Gasteiger partial charge in [0.15, 0.2) is 0 Å². The maximum atomic E-state index is 5.80. The lowest BCUT2D eigenvalue weighted by atomic mass is 9.98. The SMILES string of the molecule is CCC(C)(C)NCCOc1ccc(C(C)C)c(C)c1. The molecule has 0 spiro atoms. The first-order valence-electron chi connectivity index (χ1n) is 7.34. The zero-order valence-electron chi connectivity index (χ0n) is 13.3. The average molecular weight is 263 g/mol. The van der Waals surface area contributed by atoms with Gasteiger partial charge in [-0.15, -0.1) is 0 Å². The van der Waals surface area contributed by atoms with Gasteiger partial charge in [0.25, 0.3) is 0 Å². The van der Waals surface area contributed by atoms with Crippen molar-refractivity contribution < 1.29 is 4.74 Å². The van der Waals surface area contributed by atoms with E-state index < -0.39 is 0 Å². The van der Waals surface area contributed by atoms with Crippen molar-refractivity contribution in [3.8, 4) is 5.75 Å². The second-order valence-electron chi connectivity index (χ2n) is 6.19. The molecule has 0 saturated carbocycles. The molecule has 0 radical (unpaired) electrons. The number of nitrogens with one attached hydrogen (secondary N) is 1. The summed E-state index contributed by atoms with van der Waals surface area (Å²) < 4.78 is 5.80. The number of hydrogen-bond acceptors (Lipinski definition) is 2. The molecule has 0 aromatic heterocycles. The van der Waals surface area contributed by atoms with Crippen molar-refractivity contribution in [2.45, 2.75) is 59.4 Å². The highest BCUT2D eigenvalue weighted by Gasteiger charge is 2.12. The molecule has 1 aromatic carbocycles. The van der Waals surface area contributed by atoms with Crippen LogP contribution in [0.3, 0.4) is 0 Å². The van der Waals surface area contributed by atoms with Gasteiger partial charge in [0, 0.05) is 12.1 Å². The summed E-state index contributed by atoms with van der Waals surface area (Å²) >= 11 is 0. The van der Waals surface area contributed by atoms with Crippen LogP contribution in [0.25, 0.3) is 0 Å². The molecule has 1 rings (SSSR count). The normalized spacial score (nSPS) is 11.9. The van der Waals surface area contributed by atoms with Gasteiger partial charge in [-0.1, -0.05) is 26.8 Å². The van der Waals surface area contributed by atoms with Crippen LogP contribution < -0.4 is 10.1 Å². The monoisotopic (exact) mass is 263 g/mol. The van der Waals surface area contributed by atoms with E-state index in [1.165, 1.54) is 11.1 Å². The minimum atomic E-state index is 0.195. The lowest BCUT2D eigenvalue weighted by Crippen LogP contribution is -2.40. The fourth-order valence-corrected chi connectivity index (χ4v) is 2.07. The van der Waals surface area contributed by atoms with E-state index in [2.05, 4.69) is 65.1 Å². The summed E-state index contributed by atoms with van der Waals surface area (Å²) in [5.74, 6) is 1.54. The Kier molecular flexibility index (Phi) is 5.86. The molecule has 0 aliphatic heterocycles. The maximum Gasteiger partial charge on any atom is 0.119 e. The van der Waals surface area contributed by atoms with Crippen molar-refractivity contribution >= 4 is 0 Å². The number of hydrogen-bond donors (Lipinski definition) is 1. The Hall–Kier alpha value is -1.02. The molecular weight excluding hydrogens is 234 g/mol. The molecule has 1 aromatic rings. The van der Waals surface area contributed by atoms with E-state index in [0.717, 1.165) is 18.7 Å². The molecule has 0 aliphatic carbocycles. The van der Waals surface area contributed by atoms with Crippen molar-refractivity contribution in [2.24, 2.45) is 0 Å². The number of rotatable bonds is 7. The third kappa shape index (κ3) is 5.23. The lowest BCUT2D eigenvalue weighted by molar-refractivity contribution is 0.280. The third-order valence-corrected chi connectivity index (χ3v) is 3.72. The Morgan fingerprint density at radius 3 is 2.47 bits per heavy atom. The van der Waals surface area contributed by atoms with Crippen LogP contribution in [-0.4, -0.2) is 18.7 Å². The predicted molar refractivity (Wildman–Crippen MR) is 83.1 cm³/mol. The summed E-state index contributed by atoms with van der Waals surface area (Å²) in [6.45, 7) is 14.8. The maximum absolute atomic E-state index is 5.80. The number of ether oxygens (including phenoxy) is 1. The summed E-state index contributed by atoms with van der Waals surface area (Å²) in [6, 6.07) is 6.40. The van der Waals surface area contributed by atoms with Gasteiger partial charge < -0.3 is 10.1 Å². The summed E-state index contributed by atoms with van der Waals surface area (Å²) in [7, 11) is 0. The smallest absolute Gasteiger partial charge is 0.119 e. The molecule has 108 valence electrons. The Morgan fingerprint density at radius 2 is 1.95 bits per heavy atom. The van der Waals surface area contributed by atoms with E-state index in [4.69, 9.17) is 4.74 Å². The predicted octanol–water partition coefficient (Wildman–Crippen LogP) is 4.28. The first kappa shape index (κ1) is 16.0. The van der Waals surface area contributed by atoms with Crippen LogP contribution in [0.4, 0.5) is 0 Å². The molecule has 19 heavy (non-hydrogen) atoms. The van der Waals surface area contributed by atoms with Gasteiger partial charge in [0.2, 0.25) is 0 Å². The Bertz CT molecular complexity index is 396. The molecule has 0 unspecified atom stereocenters. The van der Waals surface area contributed by atoms with Crippen LogP contribution in [0.15, 0.2) is 18.2 Å². The van der Waals surface area contributed by atoms with Crippen LogP contribution in [0, 0.1) is 6.92 Å². The van der Waals surface area contributed by atoms with E-state index in [9.17, 15) is 0 Å². The summed E-state index contributed by atoms with van der Waals surface area (Å²) in [5, 5.41) is 3.50. The van der Waals surface area contributed by atoms with E-state index in [1.807, 2.05) is 0 Å².